The summed E-state index contributed by atoms with van der Waals surface area (Å²) >= 11 is 5.16. The molecule has 1 aliphatic heterocycles. The van der Waals surface area contributed by atoms with E-state index in [-0.39, 0.29) is 16.2 Å². The van der Waals surface area contributed by atoms with Gasteiger partial charge in [0.15, 0.2) is 5.17 Å². The van der Waals surface area contributed by atoms with E-state index < -0.39 is 0 Å². The minimum atomic E-state index is -0.377. The third-order valence-electron chi connectivity index (χ3n) is 4.19. The van der Waals surface area contributed by atoms with E-state index in [2.05, 4.69) is 54.2 Å². The van der Waals surface area contributed by atoms with Gasteiger partial charge in [0, 0.05) is 14.8 Å². The van der Waals surface area contributed by atoms with Gasteiger partial charge in [0.1, 0.15) is 0 Å². The molecule has 0 spiro atoms. The van der Waals surface area contributed by atoms with E-state index in [1.807, 2.05) is 42.5 Å². The average molecular weight is 417 g/mol. The zero-order chi connectivity index (χ0) is 18.1. The van der Waals surface area contributed by atoms with Crippen molar-refractivity contribution in [2.24, 2.45) is 4.99 Å². The molecule has 1 amide bonds. The highest BCUT2D eigenvalue weighted by Crippen LogP contribution is 2.45. The van der Waals surface area contributed by atoms with Crippen molar-refractivity contribution in [3.05, 3.63) is 70.2 Å². The lowest BCUT2D eigenvalue weighted by atomic mass is 9.84. The van der Waals surface area contributed by atoms with E-state index in [1.165, 1.54) is 0 Å². The number of carbonyl (C=O) groups excluding carboxylic acids is 1. The van der Waals surface area contributed by atoms with Crippen molar-refractivity contribution >= 4 is 38.8 Å². The summed E-state index contributed by atoms with van der Waals surface area (Å²) in [5, 5.41) is 3.67. The summed E-state index contributed by atoms with van der Waals surface area (Å²) in [6.07, 6.45) is 0.895. The van der Waals surface area contributed by atoms with Crippen LogP contribution in [0.4, 0.5) is 0 Å². The second kappa shape index (κ2) is 6.96. The fourth-order valence-corrected chi connectivity index (χ4v) is 4.88. The second-order valence-corrected chi connectivity index (χ2v) is 9.67. The van der Waals surface area contributed by atoms with Crippen molar-refractivity contribution in [3.63, 3.8) is 0 Å². The van der Waals surface area contributed by atoms with Gasteiger partial charge >= 0.3 is 0 Å². The number of halogens is 1. The zero-order valence-corrected chi connectivity index (χ0v) is 16.9. The van der Waals surface area contributed by atoms with Crippen LogP contribution in [0.15, 0.2) is 64.1 Å². The van der Waals surface area contributed by atoms with E-state index in [0.29, 0.717) is 10.7 Å². The number of nitrogens with one attached hydrogen (secondary N) is 1. The van der Waals surface area contributed by atoms with Gasteiger partial charge in [-0.3, -0.25) is 9.79 Å². The molecule has 25 heavy (non-hydrogen) atoms. The quantitative estimate of drug-likeness (QED) is 0.714. The molecule has 5 heteroatoms. The largest absolute Gasteiger partial charge is 0.301 e. The molecule has 0 fully saturated rings. The number of benzene rings is 2. The number of carbonyl (C=O) groups is 1. The number of hydrogen-bond donors (Lipinski definition) is 1. The SMILES string of the molecule is CC1(C)C[C@@](C)(c2cccc(Br)c2)N=C(NC(=O)c2ccccc2)S1. The maximum absolute atomic E-state index is 12.5. The number of amides is 1. The lowest BCUT2D eigenvalue weighted by molar-refractivity contribution is 0.0977. The predicted molar refractivity (Wildman–Crippen MR) is 109 cm³/mol. The topological polar surface area (TPSA) is 41.5 Å². The van der Waals surface area contributed by atoms with Gasteiger partial charge in [-0.15, -0.1) is 0 Å². The number of nitrogens with zero attached hydrogens (tertiary/aromatic N) is 1. The van der Waals surface area contributed by atoms with Crippen molar-refractivity contribution in [1.82, 2.24) is 5.32 Å². The predicted octanol–water partition coefficient (Wildman–Crippen LogP) is 5.37. The van der Waals surface area contributed by atoms with Crippen molar-refractivity contribution in [3.8, 4) is 0 Å². The molecule has 1 aliphatic rings. The van der Waals surface area contributed by atoms with Gasteiger partial charge in [-0.25, -0.2) is 0 Å². The Kier molecular flexibility index (Phi) is 5.07. The number of hydrogen-bond acceptors (Lipinski definition) is 3. The number of aliphatic imine (C=N–C) groups is 1. The lowest BCUT2D eigenvalue weighted by Gasteiger charge is -2.40. The Bertz CT molecular complexity index is 819. The zero-order valence-electron chi connectivity index (χ0n) is 14.5. The standard InChI is InChI=1S/C20H21BrN2OS/c1-19(2)13-20(3,15-10-7-11-16(21)12-15)23-18(25-19)22-17(24)14-8-5-4-6-9-14/h4-12H,13H2,1-3H3,(H,22,23,24)/t20-/m0/s1. The maximum atomic E-state index is 12.5. The lowest BCUT2D eigenvalue weighted by Crippen LogP contribution is -2.41. The van der Waals surface area contributed by atoms with Crippen LogP contribution in [-0.4, -0.2) is 15.8 Å². The summed E-state index contributed by atoms with van der Waals surface area (Å²) in [6.45, 7) is 6.51. The number of amidine groups is 1. The van der Waals surface area contributed by atoms with E-state index in [0.717, 1.165) is 16.5 Å². The van der Waals surface area contributed by atoms with Crippen LogP contribution in [0.2, 0.25) is 0 Å². The number of thioether (sulfide) groups is 1. The summed E-state index contributed by atoms with van der Waals surface area (Å²) in [5.41, 5.74) is 1.40. The molecule has 1 heterocycles. The first-order chi connectivity index (χ1) is 11.8. The third-order valence-corrected chi connectivity index (χ3v) is 5.77. The molecule has 130 valence electrons. The first-order valence-electron chi connectivity index (χ1n) is 8.19. The highest BCUT2D eigenvalue weighted by Gasteiger charge is 2.40. The van der Waals surface area contributed by atoms with Crippen LogP contribution in [0.1, 0.15) is 43.1 Å². The summed E-state index contributed by atoms with van der Waals surface area (Å²) in [7, 11) is 0. The molecular weight excluding hydrogens is 396 g/mol. The van der Waals surface area contributed by atoms with E-state index >= 15 is 0 Å². The molecule has 1 N–H and O–H groups in total. The molecule has 0 saturated carbocycles. The summed E-state index contributed by atoms with van der Waals surface area (Å²) in [5.74, 6) is -0.124. The van der Waals surface area contributed by atoms with E-state index in [9.17, 15) is 4.79 Å². The fraction of sp³-hybridized carbons (Fsp3) is 0.300. The Hall–Kier alpha value is -1.59. The van der Waals surface area contributed by atoms with Gasteiger partial charge in [-0.2, -0.15) is 0 Å². The summed E-state index contributed by atoms with van der Waals surface area (Å²) in [6, 6.07) is 17.5. The minimum absolute atomic E-state index is 0.0296. The third kappa shape index (κ3) is 4.33. The van der Waals surface area contributed by atoms with Gasteiger partial charge in [0.2, 0.25) is 0 Å². The molecule has 0 aromatic heterocycles. The van der Waals surface area contributed by atoms with E-state index in [4.69, 9.17) is 4.99 Å². The van der Waals surface area contributed by atoms with Crippen LogP contribution in [0, 0.1) is 0 Å². The highest BCUT2D eigenvalue weighted by molar-refractivity contribution is 9.10. The van der Waals surface area contributed by atoms with Crippen molar-refractivity contribution in [2.45, 2.75) is 37.5 Å². The average Bonchev–Trinajstić information content (AvgIpc) is 2.54. The molecule has 0 saturated heterocycles. The molecule has 3 nitrogen and oxygen atoms in total. The molecule has 1 atom stereocenters. The Morgan fingerprint density at radius 2 is 1.84 bits per heavy atom. The van der Waals surface area contributed by atoms with Gasteiger partial charge in [0.05, 0.1) is 5.54 Å². The first kappa shape index (κ1) is 18.2. The maximum Gasteiger partial charge on any atom is 0.257 e. The molecule has 3 rings (SSSR count). The Morgan fingerprint density at radius 1 is 1.12 bits per heavy atom. The van der Waals surface area contributed by atoms with Crippen LogP contribution < -0.4 is 5.32 Å². The van der Waals surface area contributed by atoms with Crippen LogP contribution in [0.3, 0.4) is 0 Å². The molecule has 0 unspecified atom stereocenters. The Balaban J connectivity index is 1.92. The highest BCUT2D eigenvalue weighted by atomic mass is 79.9. The molecule has 2 aromatic rings. The number of rotatable bonds is 2. The van der Waals surface area contributed by atoms with E-state index in [1.54, 1.807) is 11.8 Å². The molecular formula is C20H21BrN2OS. The summed E-state index contributed by atoms with van der Waals surface area (Å²) < 4.78 is 1.00. The normalized spacial score (nSPS) is 22.2. The van der Waals surface area contributed by atoms with Crippen LogP contribution in [0.25, 0.3) is 0 Å². The minimum Gasteiger partial charge on any atom is -0.301 e. The monoisotopic (exact) mass is 416 g/mol. The van der Waals surface area contributed by atoms with Crippen LogP contribution in [-0.2, 0) is 5.54 Å². The van der Waals surface area contributed by atoms with Gasteiger partial charge in [-0.05, 0) is 43.2 Å². The molecule has 0 bridgehead atoms. The van der Waals surface area contributed by atoms with Gasteiger partial charge < -0.3 is 5.32 Å². The van der Waals surface area contributed by atoms with Crippen LogP contribution in [0.5, 0.6) is 0 Å². The summed E-state index contributed by atoms with van der Waals surface area (Å²) in [4.78, 5) is 17.4. The fourth-order valence-electron chi connectivity index (χ4n) is 3.22. The molecule has 0 radical (unpaired) electrons. The van der Waals surface area contributed by atoms with Crippen molar-refractivity contribution in [2.75, 3.05) is 0 Å². The van der Waals surface area contributed by atoms with Gasteiger partial charge in [0.25, 0.3) is 5.91 Å². The first-order valence-corrected chi connectivity index (χ1v) is 9.80. The van der Waals surface area contributed by atoms with Gasteiger partial charge in [-0.1, -0.05) is 71.9 Å². The molecule has 2 aromatic carbocycles. The second-order valence-electron chi connectivity index (χ2n) is 7.06. The van der Waals surface area contributed by atoms with Crippen LogP contribution >= 0.6 is 27.7 Å². The van der Waals surface area contributed by atoms with Crippen molar-refractivity contribution < 1.29 is 4.79 Å². The Morgan fingerprint density at radius 3 is 2.52 bits per heavy atom. The van der Waals surface area contributed by atoms with Crippen molar-refractivity contribution in [1.29, 1.82) is 0 Å². The Labute approximate surface area is 161 Å². The molecule has 0 aliphatic carbocycles. The smallest absolute Gasteiger partial charge is 0.257 e.